The lowest BCUT2D eigenvalue weighted by atomic mass is 10.1. The molecule has 3 nitrogen and oxygen atoms in total. The minimum absolute atomic E-state index is 0.608. The SMILES string of the molecule is N=Cc1cc(CCc2cccnc2)co1. The fourth-order valence-electron chi connectivity index (χ4n) is 1.44. The summed E-state index contributed by atoms with van der Waals surface area (Å²) in [5.41, 5.74) is 2.34. The molecule has 76 valence electrons. The molecule has 15 heavy (non-hydrogen) atoms. The summed E-state index contributed by atoms with van der Waals surface area (Å²) in [6, 6.07) is 5.89. The van der Waals surface area contributed by atoms with Gasteiger partial charge in [0, 0.05) is 12.4 Å². The molecule has 0 aliphatic heterocycles. The average molecular weight is 200 g/mol. The third kappa shape index (κ3) is 2.53. The zero-order valence-corrected chi connectivity index (χ0v) is 8.31. The van der Waals surface area contributed by atoms with Crippen molar-refractivity contribution in [3.8, 4) is 0 Å². The minimum Gasteiger partial charge on any atom is -0.463 e. The number of hydrogen-bond donors (Lipinski definition) is 1. The van der Waals surface area contributed by atoms with Gasteiger partial charge in [0.15, 0.2) is 0 Å². The summed E-state index contributed by atoms with van der Waals surface area (Å²) in [6.45, 7) is 0. The molecule has 2 aromatic rings. The number of pyridine rings is 1. The molecule has 3 heteroatoms. The molecule has 0 saturated heterocycles. The van der Waals surface area contributed by atoms with E-state index in [1.165, 1.54) is 11.8 Å². The van der Waals surface area contributed by atoms with Crippen LogP contribution in [-0.2, 0) is 12.8 Å². The zero-order valence-electron chi connectivity index (χ0n) is 8.31. The number of hydrogen-bond acceptors (Lipinski definition) is 3. The second kappa shape index (κ2) is 4.55. The Bertz CT molecular complexity index is 434. The summed E-state index contributed by atoms with van der Waals surface area (Å²) < 4.78 is 5.14. The van der Waals surface area contributed by atoms with E-state index in [0.717, 1.165) is 18.4 Å². The van der Waals surface area contributed by atoms with E-state index in [1.807, 2.05) is 18.3 Å². The maximum absolute atomic E-state index is 7.02. The van der Waals surface area contributed by atoms with Crippen LogP contribution in [0.2, 0.25) is 0 Å². The molecule has 0 aliphatic carbocycles. The van der Waals surface area contributed by atoms with Crippen molar-refractivity contribution in [3.05, 3.63) is 53.7 Å². The summed E-state index contributed by atoms with van der Waals surface area (Å²) in [5, 5.41) is 7.02. The first-order valence-corrected chi connectivity index (χ1v) is 4.85. The lowest BCUT2D eigenvalue weighted by Gasteiger charge is -1.97. The highest BCUT2D eigenvalue weighted by atomic mass is 16.3. The van der Waals surface area contributed by atoms with Gasteiger partial charge < -0.3 is 9.83 Å². The Balaban J connectivity index is 1.96. The van der Waals surface area contributed by atoms with E-state index >= 15 is 0 Å². The summed E-state index contributed by atoms with van der Waals surface area (Å²) >= 11 is 0. The van der Waals surface area contributed by atoms with Gasteiger partial charge in [0.25, 0.3) is 0 Å². The Morgan fingerprint density at radius 1 is 1.33 bits per heavy atom. The van der Waals surface area contributed by atoms with E-state index in [-0.39, 0.29) is 0 Å². The predicted molar refractivity (Wildman–Crippen MR) is 58.2 cm³/mol. The van der Waals surface area contributed by atoms with Gasteiger partial charge in [0.05, 0.1) is 12.5 Å². The van der Waals surface area contributed by atoms with Crippen LogP contribution in [0.5, 0.6) is 0 Å². The van der Waals surface area contributed by atoms with Crippen LogP contribution < -0.4 is 0 Å². The van der Waals surface area contributed by atoms with Crippen LogP contribution >= 0.6 is 0 Å². The molecule has 0 saturated carbocycles. The van der Waals surface area contributed by atoms with E-state index in [2.05, 4.69) is 11.1 Å². The molecule has 0 atom stereocenters. The highest BCUT2D eigenvalue weighted by Crippen LogP contribution is 2.09. The quantitative estimate of drug-likeness (QED) is 0.771. The van der Waals surface area contributed by atoms with Gasteiger partial charge in [-0.05, 0) is 36.1 Å². The van der Waals surface area contributed by atoms with Crippen molar-refractivity contribution in [1.29, 1.82) is 5.41 Å². The topological polar surface area (TPSA) is 49.9 Å². The van der Waals surface area contributed by atoms with Crippen molar-refractivity contribution in [1.82, 2.24) is 4.98 Å². The van der Waals surface area contributed by atoms with Gasteiger partial charge >= 0.3 is 0 Å². The van der Waals surface area contributed by atoms with Crippen molar-refractivity contribution in [2.45, 2.75) is 12.8 Å². The molecular weight excluding hydrogens is 188 g/mol. The lowest BCUT2D eigenvalue weighted by Crippen LogP contribution is -1.89. The Morgan fingerprint density at radius 2 is 2.20 bits per heavy atom. The van der Waals surface area contributed by atoms with Gasteiger partial charge in [-0.15, -0.1) is 0 Å². The minimum atomic E-state index is 0.608. The second-order valence-corrected chi connectivity index (χ2v) is 3.36. The smallest absolute Gasteiger partial charge is 0.144 e. The van der Waals surface area contributed by atoms with E-state index in [4.69, 9.17) is 9.83 Å². The van der Waals surface area contributed by atoms with Crippen molar-refractivity contribution < 1.29 is 4.42 Å². The van der Waals surface area contributed by atoms with Crippen LogP contribution in [0.3, 0.4) is 0 Å². The van der Waals surface area contributed by atoms with E-state index in [0.29, 0.717) is 5.76 Å². The standard InChI is InChI=1S/C12H12N2O/c13-7-12-6-11(9-15-12)4-3-10-2-1-5-14-8-10/h1-2,5-9,13H,3-4H2. The highest BCUT2D eigenvalue weighted by Gasteiger charge is 2.00. The summed E-state index contributed by atoms with van der Waals surface area (Å²) in [5.74, 6) is 0.608. The van der Waals surface area contributed by atoms with E-state index in [1.54, 1.807) is 12.5 Å². The first-order valence-electron chi connectivity index (χ1n) is 4.85. The van der Waals surface area contributed by atoms with Gasteiger partial charge in [-0.25, -0.2) is 0 Å². The maximum atomic E-state index is 7.02. The van der Waals surface area contributed by atoms with Crippen LogP contribution in [0.15, 0.2) is 41.3 Å². The summed E-state index contributed by atoms with van der Waals surface area (Å²) in [7, 11) is 0. The second-order valence-electron chi connectivity index (χ2n) is 3.36. The normalized spacial score (nSPS) is 10.1. The third-order valence-electron chi connectivity index (χ3n) is 2.24. The molecule has 0 aromatic carbocycles. The van der Waals surface area contributed by atoms with Crippen molar-refractivity contribution >= 4 is 6.21 Å². The van der Waals surface area contributed by atoms with Crippen molar-refractivity contribution in [3.63, 3.8) is 0 Å². The Kier molecular flexibility index (Phi) is 2.93. The van der Waals surface area contributed by atoms with Gasteiger partial charge in [-0.3, -0.25) is 4.98 Å². The number of nitrogens with one attached hydrogen (secondary N) is 1. The van der Waals surface area contributed by atoms with Gasteiger partial charge in [-0.1, -0.05) is 6.07 Å². The van der Waals surface area contributed by atoms with Crippen LogP contribution in [0, 0.1) is 5.41 Å². The first-order chi connectivity index (χ1) is 7.38. The fourth-order valence-corrected chi connectivity index (χ4v) is 1.44. The molecule has 2 rings (SSSR count). The first kappa shape index (κ1) is 9.65. The third-order valence-corrected chi connectivity index (χ3v) is 2.24. The van der Waals surface area contributed by atoms with Crippen LogP contribution in [0.1, 0.15) is 16.9 Å². The Hall–Kier alpha value is -1.90. The maximum Gasteiger partial charge on any atom is 0.144 e. The Labute approximate surface area is 88.3 Å². The van der Waals surface area contributed by atoms with Crippen LogP contribution in [-0.4, -0.2) is 11.2 Å². The lowest BCUT2D eigenvalue weighted by molar-refractivity contribution is 0.556. The highest BCUT2D eigenvalue weighted by molar-refractivity contribution is 5.73. The van der Waals surface area contributed by atoms with E-state index < -0.39 is 0 Å². The molecular formula is C12H12N2O. The molecule has 0 radical (unpaired) electrons. The molecule has 2 heterocycles. The number of rotatable bonds is 4. The van der Waals surface area contributed by atoms with Crippen LogP contribution in [0.4, 0.5) is 0 Å². The average Bonchev–Trinajstić information content (AvgIpc) is 2.76. The summed E-state index contributed by atoms with van der Waals surface area (Å²) in [6.07, 6.45) is 8.43. The number of nitrogens with zero attached hydrogens (tertiary/aromatic N) is 1. The van der Waals surface area contributed by atoms with Gasteiger partial charge in [0.1, 0.15) is 5.76 Å². The van der Waals surface area contributed by atoms with Crippen molar-refractivity contribution in [2.24, 2.45) is 0 Å². The van der Waals surface area contributed by atoms with Gasteiger partial charge in [0.2, 0.25) is 0 Å². The molecule has 0 bridgehead atoms. The fraction of sp³-hybridized carbons (Fsp3) is 0.167. The monoisotopic (exact) mass is 200 g/mol. The zero-order chi connectivity index (χ0) is 10.5. The predicted octanol–water partition coefficient (Wildman–Crippen LogP) is 2.46. The number of aromatic nitrogens is 1. The molecule has 0 fully saturated rings. The summed E-state index contributed by atoms with van der Waals surface area (Å²) in [4.78, 5) is 4.06. The number of aryl methyl sites for hydroxylation is 2. The molecule has 0 aliphatic rings. The van der Waals surface area contributed by atoms with E-state index in [9.17, 15) is 0 Å². The number of furan rings is 1. The molecule has 0 spiro atoms. The largest absolute Gasteiger partial charge is 0.463 e. The van der Waals surface area contributed by atoms with Crippen molar-refractivity contribution in [2.75, 3.05) is 0 Å². The molecule has 1 N–H and O–H groups in total. The Morgan fingerprint density at radius 3 is 2.87 bits per heavy atom. The van der Waals surface area contributed by atoms with Gasteiger partial charge in [-0.2, -0.15) is 0 Å². The molecule has 0 amide bonds. The molecule has 2 aromatic heterocycles. The van der Waals surface area contributed by atoms with Crippen LogP contribution in [0.25, 0.3) is 0 Å². The molecule has 0 unspecified atom stereocenters.